The molecule has 0 spiro atoms. The van der Waals surface area contributed by atoms with Crippen molar-refractivity contribution in [1.29, 1.82) is 0 Å². The molecule has 0 saturated heterocycles. The molecule has 4 heteroatoms. The van der Waals surface area contributed by atoms with E-state index in [1.54, 1.807) is 0 Å². The van der Waals surface area contributed by atoms with Crippen molar-refractivity contribution in [3.8, 4) is 12.3 Å². The summed E-state index contributed by atoms with van der Waals surface area (Å²) in [5, 5.41) is 5.82. The summed E-state index contributed by atoms with van der Waals surface area (Å²) in [6, 6.07) is 8.15. The highest BCUT2D eigenvalue weighted by Gasteiger charge is 2.24. The first-order valence-electron chi connectivity index (χ1n) is 7.28. The number of imidazole rings is 1. The summed E-state index contributed by atoms with van der Waals surface area (Å²) in [5.74, 6) is 2.78. The van der Waals surface area contributed by atoms with Gasteiger partial charge in [0.25, 0.3) is 0 Å². The van der Waals surface area contributed by atoms with Crippen LogP contribution in [0.1, 0.15) is 30.3 Å². The van der Waals surface area contributed by atoms with Crippen LogP contribution in [0.2, 0.25) is 0 Å². The highest BCUT2D eigenvalue weighted by molar-refractivity contribution is 5.77. The van der Waals surface area contributed by atoms with Gasteiger partial charge in [0.15, 0.2) is 0 Å². The van der Waals surface area contributed by atoms with Gasteiger partial charge in [0.05, 0.1) is 17.5 Å². The maximum atomic E-state index is 5.59. The van der Waals surface area contributed by atoms with Crippen molar-refractivity contribution in [1.82, 2.24) is 19.3 Å². The number of rotatable bonds is 3. The highest BCUT2D eigenvalue weighted by Crippen LogP contribution is 2.28. The average Bonchev–Trinajstić information content (AvgIpc) is 3.19. The van der Waals surface area contributed by atoms with E-state index in [0.717, 1.165) is 29.6 Å². The molecule has 1 atom stereocenters. The van der Waals surface area contributed by atoms with Crippen LogP contribution in [-0.2, 0) is 13.0 Å². The monoisotopic (exact) mass is 276 g/mol. The Labute approximate surface area is 123 Å². The smallest absolute Gasteiger partial charge is 0.107 e. The van der Waals surface area contributed by atoms with Gasteiger partial charge in [-0.25, -0.2) is 4.98 Å². The summed E-state index contributed by atoms with van der Waals surface area (Å²) < 4.78 is 4.22. The molecule has 1 aromatic carbocycles. The molecule has 1 unspecified atom stereocenters. The molecular formula is C17H16N4. The van der Waals surface area contributed by atoms with Crippen molar-refractivity contribution in [2.24, 2.45) is 0 Å². The van der Waals surface area contributed by atoms with Crippen LogP contribution in [0.5, 0.6) is 0 Å². The maximum Gasteiger partial charge on any atom is 0.107 e. The summed E-state index contributed by atoms with van der Waals surface area (Å²) in [6.45, 7) is 1.06. The van der Waals surface area contributed by atoms with E-state index in [2.05, 4.69) is 32.8 Å². The number of hydrogen-bond acceptors (Lipinski definition) is 2. The fourth-order valence-corrected chi connectivity index (χ4v) is 3.15. The quantitative estimate of drug-likeness (QED) is 0.690. The zero-order valence-electron chi connectivity index (χ0n) is 11.7. The highest BCUT2D eigenvalue weighted by atomic mass is 15.3. The summed E-state index contributed by atoms with van der Waals surface area (Å²) in [4.78, 5) is 4.61. The van der Waals surface area contributed by atoms with E-state index in [-0.39, 0.29) is 6.04 Å². The molecule has 0 N–H and O–H groups in total. The maximum absolute atomic E-state index is 5.59. The van der Waals surface area contributed by atoms with E-state index in [1.807, 2.05) is 29.2 Å². The molecule has 3 aromatic rings. The zero-order chi connectivity index (χ0) is 14.2. The van der Waals surface area contributed by atoms with Gasteiger partial charge in [-0.05, 0) is 18.9 Å². The van der Waals surface area contributed by atoms with Crippen LogP contribution >= 0.6 is 0 Å². The summed E-state index contributed by atoms with van der Waals surface area (Å²) >= 11 is 0. The van der Waals surface area contributed by atoms with Gasteiger partial charge in [0.2, 0.25) is 0 Å². The Morgan fingerprint density at radius 1 is 1.33 bits per heavy atom. The predicted molar refractivity (Wildman–Crippen MR) is 81.9 cm³/mol. The third-order valence-corrected chi connectivity index (χ3v) is 4.17. The number of terminal acetylenes is 1. The summed E-state index contributed by atoms with van der Waals surface area (Å²) in [7, 11) is 0. The molecule has 104 valence electrons. The van der Waals surface area contributed by atoms with Gasteiger partial charge in [-0.2, -0.15) is 5.10 Å². The number of nitrogens with zero attached hydrogens (tertiary/aromatic N) is 4. The second kappa shape index (κ2) is 4.78. The SMILES string of the molecule is C#CCC(c1ncn2c1CCC2)n1cc2ccccc2n1. The van der Waals surface area contributed by atoms with Gasteiger partial charge in [-0.1, -0.05) is 18.2 Å². The van der Waals surface area contributed by atoms with Crippen LogP contribution in [0, 0.1) is 12.3 Å². The molecule has 1 aliphatic heterocycles. The molecule has 4 rings (SSSR count). The first-order valence-corrected chi connectivity index (χ1v) is 7.28. The number of hydrogen-bond donors (Lipinski definition) is 0. The molecule has 0 amide bonds. The molecule has 4 nitrogen and oxygen atoms in total. The first kappa shape index (κ1) is 12.2. The van der Waals surface area contributed by atoms with Crippen LogP contribution in [0.15, 0.2) is 36.8 Å². The fraction of sp³-hybridized carbons (Fsp3) is 0.294. The van der Waals surface area contributed by atoms with Gasteiger partial charge in [0, 0.05) is 30.2 Å². The van der Waals surface area contributed by atoms with Crippen LogP contribution in [0.25, 0.3) is 10.9 Å². The van der Waals surface area contributed by atoms with Crippen molar-refractivity contribution in [3.05, 3.63) is 48.2 Å². The lowest BCUT2D eigenvalue weighted by atomic mass is 10.1. The van der Waals surface area contributed by atoms with Gasteiger partial charge in [-0.3, -0.25) is 4.68 Å². The number of aryl methyl sites for hydroxylation is 1. The van der Waals surface area contributed by atoms with Crippen LogP contribution in [0.3, 0.4) is 0 Å². The molecule has 3 heterocycles. The van der Waals surface area contributed by atoms with Crippen molar-refractivity contribution in [3.63, 3.8) is 0 Å². The standard InChI is InChI=1S/C17H16N4/c1-2-6-16(17-15-9-5-10-20(15)12-18-17)21-11-13-7-3-4-8-14(13)19-21/h1,3-4,7-8,11-12,16H,5-6,9-10H2. The van der Waals surface area contributed by atoms with Gasteiger partial charge in [0.1, 0.15) is 6.04 Å². The van der Waals surface area contributed by atoms with E-state index in [9.17, 15) is 0 Å². The van der Waals surface area contributed by atoms with Crippen LogP contribution < -0.4 is 0 Å². The van der Waals surface area contributed by atoms with Gasteiger partial charge in [-0.15, -0.1) is 12.3 Å². The molecule has 0 radical (unpaired) electrons. The Morgan fingerprint density at radius 2 is 2.24 bits per heavy atom. The second-order valence-corrected chi connectivity index (χ2v) is 5.47. The lowest BCUT2D eigenvalue weighted by molar-refractivity contribution is 0.524. The fourth-order valence-electron chi connectivity index (χ4n) is 3.15. The first-order chi connectivity index (χ1) is 10.4. The molecule has 0 aliphatic carbocycles. The van der Waals surface area contributed by atoms with Crippen molar-refractivity contribution in [2.75, 3.05) is 0 Å². The van der Waals surface area contributed by atoms with Gasteiger partial charge < -0.3 is 4.57 Å². The normalized spacial score (nSPS) is 15.0. The Kier molecular flexibility index (Phi) is 2.78. The topological polar surface area (TPSA) is 35.6 Å². The third-order valence-electron chi connectivity index (χ3n) is 4.17. The van der Waals surface area contributed by atoms with Gasteiger partial charge >= 0.3 is 0 Å². The molecular weight excluding hydrogens is 260 g/mol. The summed E-state index contributed by atoms with van der Waals surface area (Å²) in [5.41, 5.74) is 3.39. The van der Waals surface area contributed by atoms with Crippen LogP contribution in [-0.4, -0.2) is 19.3 Å². The van der Waals surface area contributed by atoms with E-state index in [0.29, 0.717) is 6.42 Å². The van der Waals surface area contributed by atoms with Crippen molar-refractivity contribution in [2.45, 2.75) is 31.8 Å². The van der Waals surface area contributed by atoms with E-state index >= 15 is 0 Å². The second-order valence-electron chi connectivity index (χ2n) is 5.47. The lowest BCUT2D eigenvalue weighted by Crippen LogP contribution is -2.13. The number of fused-ring (bicyclic) bond motifs is 2. The molecule has 2 aromatic heterocycles. The molecule has 0 fully saturated rings. The Bertz CT molecular complexity index is 801. The Morgan fingerprint density at radius 3 is 3.10 bits per heavy atom. The zero-order valence-corrected chi connectivity index (χ0v) is 11.7. The Balaban J connectivity index is 1.82. The number of benzene rings is 1. The number of aromatic nitrogens is 4. The van der Waals surface area contributed by atoms with E-state index in [4.69, 9.17) is 6.42 Å². The Hall–Kier alpha value is -2.54. The molecule has 1 aliphatic rings. The summed E-state index contributed by atoms with van der Waals surface area (Å²) in [6.07, 6.45) is 12.5. The third kappa shape index (κ3) is 1.93. The minimum Gasteiger partial charge on any atom is -0.334 e. The largest absolute Gasteiger partial charge is 0.334 e. The molecule has 0 saturated carbocycles. The lowest BCUT2D eigenvalue weighted by Gasteiger charge is -2.14. The van der Waals surface area contributed by atoms with Crippen LogP contribution in [0.4, 0.5) is 0 Å². The van der Waals surface area contributed by atoms with E-state index in [1.165, 1.54) is 12.1 Å². The predicted octanol–water partition coefficient (Wildman–Crippen LogP) is 2.79. The van der Waals surface area contributed by atoms with E-state index < -0.39 is 0 Å². The van der Waals surface area contributed by atoms with Crippen molar-refractivity contribution >= 4 is 10.9 Å². The minimum atomic E-state index is 0.0248. The minimum absolute atomic E-state index is 0.0248. The average molecular weight is 276 g/mol. The van der Waals surface area contributed by atoms with Crippen molar-refractivity contribution < 1.29 is 0 Å². The molecule has 21 heavy (non-hydrogen) atoms. The molecule has 0 bridgehead atoms.